The average Bonchev–Trinajstić information content (AvgIpc) is 3.15. The van der Waals surface area contributed by atoms with Crippen LogP contribution >= 0.6 is 0 Å². The minimum atomic E-state index is -5.08. The van der Waals surface area contributed by atoms with Crippen molar-refractivity contribution in [2.45, 2.75) is 38.0 Å². The van der Waals surface area contributed by atoms with E-state index in [4.69, 9.17) is 14.6 Å². The zero-order chi connectivity index (χ0) is 21.1. The van der Waals surface area contributed by atoms with Crippen LogP contribution in [0, 0.1) is 5.92 Å². The number of halogens is 3. The summed E-state index contributed by atoms with van der Waals surface area (Å²) in [6, 6.07) is 9.23. The molecule has 0 aromatic heterocycles. The molecule has 9 heteroatoms. The molecule has 1 aliphatic heterocycles. The maximum Gasteiger partial charge on any atom is 0.490 e. The van der Waals surface area contributed by atoms with Crippen LogP contribution in [-0.2, 0) is 14.3 Å². The Labute approximate surface area is 161 Å². The number of benzene rings is 1. The topological polar surface area (TPSA) is 78.9 Å². The van der Waals surface area contributed by atoms with Gasteiger partial charge in [0.1, 0.15) is 6.61 Å². The predicted molar refractivity (Wildman–Crippen MR) is 95.8 cm³/mol. The van der Waals surface area contributed by atoms with Gasteiger partial charge in [-0.3, -0.25) is 9.69 Å². The normalized spacial score (nSPS) is 23.6. The van der Waals surface area contributed by atoms with Gasteiger partial charge in [-0.2, -0.15) is 13.2 Å². The molecule has 1 amide bonds. The highest BCUT2D eigenvalue weighted by atomic mass is 19.4. The smallest absolute Gasteiger partial charge is 0.475 e. The Hall–Kier alpha value is -2.13. The van der Waals surface area contributed by atoms with E-state index < -0.39 is 12.1 Å². The minimum absolute atomic E-state index is 0.0269. The van der Waals surface area contributed by atoms with Crippen LogP contribution in [0.25, 0.3) is 0 Å². The number of hydrogen-bond donors (Lipinski definition) is 2. The first kappa shape index (κ1) is 22.2. The molecule has 3 atom stereocenters. The number of alkyl halides is 3. The van der Waals surface area contributed by atoms with Crippen molar-refractivity contribution in [1.82, 2.24) is 10.2 Å². The summed E-state index contributed by atoms with van der Waals surface area (Å²) in [6.07, 6.45) is -5.08. The number of carbonyl (C=O) groups excluding carboxylic acids is 1. The van der Waals surface area contributed by atoms with Crippen molar-refractivity contribution in [3.63, 3.8) is 0 Å². The molecule has 0 saturated carbocycles. The van der Waals surface area contributed by atoms with E-state index in [2.05, 4.69) is 48.3 Å². The second-order valence-electron chi connectivity index (χ2n) is 7.23. The summed E-state index contributed by atoms with van der Waals surface area (Å²) < 4.78 is 36.7. The highest BCUT2D eigenvalue weighted by molar-refractivity contribution is 5.78. The van der Waals surface area contributed by atoms with Gasteiger partial charge < -0.3 is 15.2 Å². The van der Waals surface area contributed by atoms with E-state index in [1.54, 1.807) is 7.11 Å². The number of fused-ring (bicyclic) bond motifs is 3. The molecule has 156 valence electrons. The predicted octanol–water partition coefficient (Wildman–Crippen LogP) is 2.56. The highest BCUT2D eigenvalue weighted by Crippen LogP contribution is 2.49. The molecule has 1 aromatic rings. The molecule has 1 aliphatic carbocycles. The van der Waals surface area contributed by atoms with Crippen molar-refractivity contribution in [1.29, 1.82) is 0 Å². The third-order valence-electron chi connectivity index (χ3n) is 5.12. The number of nitrogens with zero attached hydrogens (tertiary/aromatic N) is 1. The van der Waals surface area contributed by atoms with Gasteiger partial charge in [0.2, 0.25) is 5.91 Å². The standard InChI is InChI=1S/C17H24N2O2.C2HF3O2/c1-11(2)19-8-14-12-6-4-5-7-13(12)17(15(14)9-19)18-16(20)10-21-3;3-2(4,5)1(6)7/h4-7,11,14-15,17H,8-10H2,1-3H3,(H,18,20);(H,6,7)/t14-,15-,17+;/m0./s1. The first-order chi connectivity index (χ1) is 13.1. The molecule has 1 fully saturated rings. The van der Waals surface area contributed by atoms with Gasteiger partial charge in [-0.1, -0.05) is 24.3 Å². The molecule has 0 radical (unpaired) electrons. The van der Waals surface area contributed by atoms with E-state index in [-0.39, 0.29) is 18.6 Å². The second kappa shape index (κ2) is 8.91. The van der Waals surface area contributed by atoms with E-state index in [9.17, 15) is 18.0 Å². The number of carbonyl (C=O) groups is 2. The number of rotatable bonds is 4. The lowest BCUT2D eigenvalue weighted by Crippen LogP contribution is -2.36. The number of carboxylic acids is 1. The second-order valence-corrected chi connectivity index (χ2v) is 7.23. The summed E-state index contributed by atoms with van der Waals surface area (Å²) in [5.74, 6) is -1.77. The number of hydrogen-bond acceptors (Lipinski definition) is 4. The van der Waals surface area contributed by atoms with Crippen LogP contribution < -0.4 is 5.32 Å². The van der Waals surface area contributed by atoms with Crippen LogP contribution in [0.2, 0.25) is 0 Å². The van der Waals surface area contributed by atoms with Gasteiger partial charge in [0.25, 0.3) is 0 Å². The molecule has 6 nitrogen and oxygen atoms in total. The van der Waals surface area contributed by atoms with Crippen LogP contribution in [0.5, 0.6) is 0 Å². The first-order valence-corrected chi connectivity index (χ1v) is 8.97. The number of nitrogens with one attached hydrogen (secondary N) is 1. The number of methoxy groups -OCH3 is 1. The molecule has 0 bridgehead atoms. The summed E-state index contributed by atoms with van der Waals surface area (Å²) in [5.41, 5.74) is 2.70. The molecular weight excluding hydrogens is 377 g/mol. The number of aliphatic carboxylic acids is 1. The highest BCUT2D eigenvalue weighted by Gasteiger charge is 2.46. The van der Waals surface area contributed by atoms with Crippen molar-refractivity contribution < 1.29 is 32.6 Å². The van der Waals surface area contributed by atoms with Crippen LogP contribution in [0.1, 0.15) is 36.9 Å². The van der Waals surface area contributed by atoms with Crippen molar-refractivity contribution in [3.8, 4) is 0 Å². The fraction of sp³-hybridized carbons (Fsp3) is 0.579. The van der Waals surface area contributed by atoms with Crippen LogP contribution in [0.15, 0.2) is 24.3 Å². The van der Waals surface area contributed by atoms with Gasteiger partial charge in [0.05, 0.1) is 6.04 Å². The molecule has 3 rings (SSSR count). The number of likely N-dealkylation sites (tertiary alicyclic amines) is 1. The molecule has 28 heavy (non-hydrogen) atoms. The molecule has 2 aliphatic rings. The Kier molecular flexibility index (Phi) is 7.06. The molecule has 0 spiro atoms. The van der Waals surface area contributed by atoms with Gasteiger partial charge in [-0.05, 0) is 25.0 Å². The van der Waals surface area contributed by atoms with Gasteiger partial charge >= 0.3 is 12.1 Å². The van der Waals surface area contributed by atoms with Crippen molar-refractivity contribution >= 4 is 11.9 Å². The Morgan fingerprint density at radius 1 is 1.25 bits per heavy atom. The van der Waals surface area contributed by atoms with Gasteiger partial charge in [-0.25, -0.2) is 4.79 Å². The Balaban J connectivity index is 0.000000345. The molecule has 2 N–H and O–H groups in total. The number of amides is 1. The fourth-order valence-corrected chi connectivity index (χ4v) is 3.84. The molecular formula is C19H25F3N2O4. The SMILES string of the molecule is COCC(=O)N[C@@H]1c2ccccc2[C@@H]2CN(C(C)C)C[C@H]12.O=C(O)C(F)(F)F. The lowest BCUT2D eigenvalue weighted by molar-refractivity contribution is -0.192. The Bertz CT molecular complexity index is 709. The van der Waals surface area contributed by atoms with E-state index in [0.29, 0.717) is 17.9 Å². The summed E-state index contributed by atoms with van der Waals surface area (Å²) in [7, 11) is 1.56. The summed E-state index contributed by atoms with van der Waals surface area (Å²) in [6.45, 7) is 6.76. The summed E-state index contributed by atoms with van der Waals surface area (Å²) in [5, 5.41) is 10.3. The van der Waals surface area contributed by atoms with Crippen LogP contribution in [0.3, 0.4) is 0 Å². The van der Waals surface area contributed by atoms with Crippen molar-refractivity contribution in [2.24, 2.45) is 5.92 Å². The number of ether oxygens (including phenoxy) is 1. The maximum absolute atomic E-state index is 12.0. The molecule has 1 saturated heterocycles. The summed E-state index contributed by atoms with van der Waals surface area (Å²) >= 11 is 0. The molecule has 0 unspecified atom stereocenters. The van der Waals surface area contributed by atoms with Gasteiger partial charge in [0.15, 0.2) is 0 Å². The quantitative estimate of drug-likeness (QED) is 0.809. The van der Waals surface area contributed by atoms with E-state index in [1.165, 1.54) is 11.1 Å². The lowest BCUT2D eigenvalue weighted by atomic mass is 9.94. The zero-order valence-electron chi connectivity index (χ0n) is 16.0. The Morgan fingerprint density at radius 3 is 2.32 bits per heavy atom. The van der Waals surface area contributed by atoms with Crippen molar-refractivity contribution in [2.75, 3.05) is 26.8 Å². The van der Waals surface area contributed by atoms with Crippen LogP contribution in [0.4, 0.5) is 13.2 Å². The monoisotopic (exact) mass is 402 g/mol. The van der Waals surface area contributed by atoms with Crippen LogP contribution in [-0.4, -0.2) is 60.9 Å². The lowest BCUT2D eigenvalue weighted by Gasteiger charge is -2.25. The largest absolute Gasteiger partial charge is 0.490 e. The maximum atomic E-state index is 12.0. The zero-order valence-corrected chi connectivity index (χ0v) is 16.0. The fourth-order valence-electron chi connectivity index (χ4n) is 3.84. The number of carboxylic acid groups (broad SMARTS) is 1. The minimum Gasteiger partial charge on any atom is -0.475 e. The van der Waals surface area contributed by atoms with Gasteiger partial charge in [0, 0.05) is 38.1 Å². The van der Waals surface area contributed by atoms with Gasteiger partial charge in [-0.15, -0.1) is 0 Å². The average molecular weight is 402 g/mol. The van der Waals surface area contributed by atoms with E-state index in [0.717, 1.165) is 13.1 Å². The van der Waals surface area contributed by atoms with Crippen molar-refractivity contribution in [3.05, 3.63) is 35.4 Å². The summed E-state index contributed by atoms with van der Waals surface area (Å²) in [4.78, 5) is 23.4. The first-order valence-electron chi connectivity index (χ1n) is 8.97. The molecule has 1 aromatic carbocycles. The van der Waals surface area contributed by atoms with E-state index >= 15 is 0 Å². The van der Waals surface area contributed by atoms with E-state index in [1.807, 2.05) is 0 Å². The Morgan fingerprint density at radius 2 is 1.82 bits per heavy atom. The third-order valence-corrected chi connectivity index (χ3v) is 5.12. The third kappa shape index (κ3) is 5.02. The molecule has 1 heterocycles.